The molecule has 0 amide bonds. The number of carbonyl (C=O) groups excluding carboxylic acids is 1. The van der Waals surface area contributed by atoms with E-state index in [0.717, 1.165) is 28.3 Å². The maximum atomic E-state index is 12.2. The molecular formula is C19H15BrO4. The monoisotopic (exact) mass is 386 g/mol. The Bertz CT molecular complexity index is 959. The zero-order valence-corrected chi connectivity index (χ0v) is 14.6. The topological polar surface area (TPSA) is 56.5 Å². The molecule has 0 N–H and O–H groups in total. The molecule has 0 saturated heterocycles. The summed E-state index contributed by atoms with van der Waals surface area (Å²) in [6.45, 7) is 2.05. The van der Waals surface area contributed by atoms with E-state index in [-0.39, 0.29) is 0 Å². The van der Waals surface area contributed by atoms with Gasteiger partial charge in [0.15, 0.2) is 0 Å². The summed E-state index contributed by atoms with van der Waals surface area (Å²) in [5.74, 6) is -0.132. The standard InChI is InChI=1S/C19H15BrO4/c1-2-4-12-10-18(21)24-17-11-15(7-8-16(12)17)23-19(22)13-5-3-6-14(20)9-13/h3,5-11H,2,4H2,1H3. The van der Waals surface area contributed by atoms with Gasteiger partial charge in [0, 0.05) is 22.0 Å². The summed E-state index contributed by atoms with van der Waals surface area (Å²) in [6, 6.07) is 13.6. The highest BCUT2D eigenvalue weighted by Crippen LogP contribution is 2.24. The van der Waals surface area contributed by atoms with Gasteiger partial charge < -0.3 is 9.15 Å². The van der Waals surface area contributed by atoms with Crippen LogP contribution in [0.5, 0.6) is 5.75 Å². The van der Waals surface area contributed by atoms with Crippen LogP contribution >= 0.6 is 15.9 Å². The first-order chi connectivity index (χ1) is 11.6. The van der Waals surface area contributed by atoms with Crippen LogP contribution in [0.15, 0.2) is 62.2 Å². The predicted molar refractivity (Wildman–Crippen MR) is 95.6 cm³/mol. The quantitative estimate of drug-likeness (QED) is 0.369. The molecule has 0 aliphatic heterocycles. The van der Waals surface area contributed by atoms with E-state index in [1.807, 2.05) is 12.1 Å². The Morgan fingerprint density at radius 1 is 1.17 bits per heavy atom. The van der Waals surface area contributed by atoms with Gasteiger partial charge in [-0.2, -0.15) is 0 Å². The Balaban J connectivity index is 1.93. The van der Waals surface area contributed by atoms with Gasteiger partial charge in [0.05, 0.1) is 5.56 Å². The third-order valence-electron chi connectivity index (χ3n) is 3.59. The second kappa shape index (κ2) is 7.01. The van der Waals surface area contributed by atoms with E-state index in [1.54, 1.807) is 30.3 Å². The van der Waals surface area contributed by atoms with Crippen LogP contribution in [0, 0.1) is 0 Å². The smallest absolute Gasteiger partial charge is 0.343 e. The van der Waals surface area contributed by atoms with Crippen LogP contribution < -0.4 is 10.4 Å². The number of fused-ring (bicyclic) bond motifs is 1. The van der Waals surface area contributed by atoms with Gasteiger partial charge in [-0.25, -0.2) is 9.59 Å². The van der Waals surface area contributed by atoms with Gasteiger partial charge in [-0.3, -0.25) is 0 Å². The van der Waals surface area contributed by atoms with Gasteiger partial charge >= 0.3 is 11.6 Å². The van der Waals surface area contributed by atoms with Crippen molar-refractivity contribution in [2.75, 3.05) is 0 Å². The summed E-state index contributed by atoms with van der Waals surface area (Å²) >= 11 is 3.32. The number of rotatable bonds is 4. The Morgan fingerprint density at radius 2 is 2.00 bits per heavy atom. The van der Waals surface area contributed by atoms with Crippen LogP contribution in [0.1, 0.15) is 29.3 Å². The summed E-state index contributed by atoms with van der Waals surface area (Å²) < 4.78 is 11.4. The first kappa shape index (κ1) is 16.5. The zero-order valence-electron chi connectivity index (χ0n) is 13.0. The largest absolute Gasteiger partial charge is 0.423 e. The van der Waals surface area contributed by atoms with Crippen molar-refractivity contribution in [2.24, 2.45) is 0 Å². The lowest BCUT2D eigenvalue weighted by atomic mass is 10.1. The first-order valence-electron chi connectivity index (χ1n) is 7.61. The van der Waals surface area contributed by atoms with Gasteiger partial charge in [0.25, 0.3) is 0 Å². The molecule has 3 aromatic rings. The Labute approximate surface area is 147 Å². The second-order valence-corrected chi connectivity index (χ2v) is 6.31. The fourth-order valence-electron chi connectivity index (χ4n) is 2.53. The number of carbonyl (C=O) groups is 1. The minimum atomic E-state index is -0.470. The van der Waals surface area contributed by atoms with Gasteiger partial charge in [0.1, 0.15) is 11.3 Å². The van der Waals surface area contributed by atoms with E-state index in [4.69, 9.17) is 9.15 Å². The van der Waals surface area contributed by atoms with Gasteiger partial charge in [-0.1, -0.05) is 35.3 Å². The molecule has 0 spiro atoms. The van der Waals surface area contributed by atoms with Crippen molar-refractivity contribution in [1.29, 1.82) is 0 Å². The molecule has 122 valence electrons. The first-order valence-corrected chi connectivity index (χ1v) is 8.40. The highest BCUT2D eigenvalue weighted by atomic mass is 79.9. The normalized spacial score (nSPS) is 10.8. The molecule has 1 heterocycles. The van der Waals surface area contributed by atoms with Gasteiger partial charge in [-0.05, 0) is 42.3 Å². The van der Waals surface area contributed by atoms with Crippen molar-refractivity contribution < 1.29 is 13.9 Å². The number of halogens is 1. The van der Waals surface area contributed by atoms with Crippen LogP contribution in [0.4, 0.5) is 0 Å². The number of hydrogen-bond donors (Lipinski definition) is 0. The highest BCUT2D eigenvalue weighted by molar-refractivity contribution is 9.10. The molecule has 5 heteroatoms. The number of esters is 1. The van der Waals surface area contributed by atoms with Crippen molar-refractivity contribution in [2.45, 2.75) is 19.8 Å². The second-order valence-electron chi connectivity index (χ2n) is 5.40. The highest BCUT2D eigenvalue weighted by Gasteiger charge is 2.11. The molecule has 0 fully saturated rings. The molecule has 2 aromatic carbocycles. The van der Waals surface area contributed by atoms with Crippen molar-refractivity contribution in [3.8, 4) is 5.75 Å². The molecule has 0 bridgehead atoms. The van der Waals surface area contributed by atoms with E-state index < -0.39 is 11.6 Å². The maximum absolute atomic E-state index is 12.2. The number of benzene rings is 2. The molecule has 24 heavy (non-hydrogen) atoms. The third-order valence-corrected chi connectivity index (χ3v) is 4.09. The molecule has 3 rings (SSSR count). The fraction of sp³-hybridized carbons (Fsp3) is 0.158. The predicted octanol–water partition coefficient (Wildman–Crippen LogP) is 4.73. The van der Waals surface area contributed by atoms with E-state index in [2.05, 4.69) is 22.9 Å². The fourth-order valence-corrected chi connectivity index (χ4v) is 2.93. The lowest BCUT2D eigenvalue weighted by molar-refractivity contribution is 0.0735. The lowest BCUT2D eigenvalue weighted by Gasteiger charge is -2.07. The third kappa shape index (κ3) is 3.57. The molecule has 0 atom stereocenters. The van der Waals surface area contributed by atoms with Crippen molar-refractivity contribution in [3.63, 3.8) is 0 Å². The molecule has 0 radical (unpaired) electrons. The summed E-state index contributed by atoms with van der Waals surface area (Å²) in [4.78, 5) is 23.9. The Hall–Kier alpha value is -2.40. The maximum Gasteiger partial charge on any atom is 0.343 e. The van der Waals surface area contributed by atoms with Crippen LogP contribution in [-0.4, -0.2) is 5.97 Å². The summed E-state index contributed by atoms with van der Waals surface area (Å²) in [6.07, 6.45) is 1.72. The SMILES string of the molecule is CCCc1cc(=O)oc2cc(OC(=O)c3cccc(Br)c3)ccc12. The average molecular weight is 387 g/mol. The summed E-state index contributed by atoms with van der Waals surface area (Å²) in [5, 5.41) is 0.860. The Morgan fingerprint density at radius 3 is 2.75 bits per heavy atom. The van der Waals surface area contributed by atoms with Crippen molar-refractivity contribution in [1.82, 2.24) is 0 Å². The van der Waals surface area contributed by atoms with E-state index >= 15 is 0 Å². The van der Waals surface area contributed by atoms with Crippen molar-refractivity contribution in [3.05, 3.63) is 74.6 Å². The van der Waals surface area contributed by atoms with Crippen LogP contribution in [0.25, 0.3) is 11.0 Å². The molecular weight excluding hydrogens is 372 g/mol. The minimum Gasteiger partial charge on any atom is -0.423 e. The minimum absolute atomic E-state index is 0.337. The molecule has 0 aliphatic rings. The van der Waals surface area contributed by atoms with Crippen molar-refractivity contribution >= 4 is 32.9 Å². The van der Waals surface area contributed by atoms with Crippen LogP contribution in [0.2, 0.25) is 0 Å². The van der Waals surface area contributed by atoms with Gasteiger partial charge in [-0.15, -0.1) is 0 Å². The lowest BCUT2D eigenvalue weighted by Crippen LogP contribution is -2.08. The van der Waals surface area contributed by atoms with E-state index in [1.165, 1.54) is 6.07 Å². The summed E-state index contributed by atoms with van der Waals surface area (Å²) in [5.41, 5.74) is 1.39. The Kier molecular flexibility index (Phi) is 4.81. The number of aryl methyl sites for hydroxylation is 1. The molecule has 0 unspecified atom stereocenters. The average Bonchev–Trinajstić information content (AvgIpc) is 2.54. The van der Waals surface area contributed by atoms with Crippen LogP contribution in [0.3, 0.4) is 0 Å². The molecule has 4 nitrogen and oxygen atoms in total. The van der Waals surface area contributed by atoms with Gasteiger partial charge in [0.2, 0.25) is 0 Å². The molecule has 0 aliphatic carbocycles. The van der Waals surface area contributed by atoms with E-state index in [9.17, 15) is 9.59 Å². The summed E-state index contributed by atoms with van der Waals surface area (Å²) in [7, 11) is 0. The molecule has 1 aromatic heterocycles. The van der Waals surface area contributed by atoms with E-state index in [0.29, 0.717) is 16.9 Å². The zero-order chi connectivity index (χ0) is 17.1. The molecule has 0 saturated carbocycles. The number of ether oxygens (including phenoxy) is 1. The number of hydrogen-bond acceptors (Lipinski definition) is 4. The van der Waals surface area contributed by atoms with Crippen LogP contribution in [-0.2, 0) is 6.42 Å².